The first-order chi connectivity index (χ1) is 12.3. The van der Waals surface area contributed by atoms with Crippen molar-refractivity contribution < 1.29 is 0 Å². The Balaban J connectivity index is 0.00000243. The zero-order valence-electron chi connectivity index (χ0n) is 16.1. The van der Waals surface area contributed by atoms with Crippen LogP contribution in [0.1, 0.15) is 26.2 Å². The molecule has 1 aromatic rings. The summed E-state index contributed by atoms with van der Waals surface area (Å²) in [7, 11) is 1.92. The van der Waals surface area contributed by atoms with E-state index in [2.05, 4.69) is 57.4 Å². The fourth-order valence-electron chi connectivity index (χ4n) is 3.98. The van der Waals surface area contributed by atoms with Crippen molar-refractivity contribution in [3.05, 3.63) is 30.3 Å². The Hall–Kier alpha value is -0.470. The summed E-state index contributed by atoms with van der Waals surface area (Å²) in [5, 5.41) is 3.64. The van der Waals surface area contributed by atoms with E-state index in [0.717, 1.165) is 38.1 Å². The Morgan fingerprint density at radius 2 is 2.04 bits per heavy atom. The lowest BCUT2D eigenvalue weighted by atomic mass is 10.2. The van der Waals surface area contributed by atoms with Crippen molar-refractivity contribution in [2.24, 2.45) is 10.9 Å². The lowest BCUT2D eigenvalue weighted by Gasteiger charge is -2.27. The van der Waals surface area contributed by atoms with Crippen LogP contribution in [-0.2, 0) is 0 Å². The summed E-state index contributed by atoms with van der Waals surface area (Å²) in [5.74, 6) is 3.04. The first-order valence-corrected chi connectivity index (χ1v) is 10.7. The van der Waals surface area contributed by atoms with Crippen molar-refractivity contribution in [2.75, 3.05) is 45.5 Å². The summed E-state index contributed by atoms with van der Waals surface area (Å²) in [6, 6.07) is 11.4. The number of benzene rings is 1. The summed E-state index contributed by atoms with van der Waals surface area (Å²) in [6.07, 6.45) is 3.92. The standard InChI is InChI=1S/C20H32N4S.HI/c1-3-23-12-7-8-18(23)14-22-20(21-2)24-13-11-17(15-24)16-25-19-9-5-4-6-10-19;/h4-6,9-10,17-18H,3,7-8,11-16H2,1-2H3,(H,21,22);1H. The Bertz CT molecular complexity index is 554. The van der Waals surface area contributed by atoms with Gasteiger partial charge in [-0.2, -0.15) is 0 Å². The Labute approximate surface area is 180 Å². The van der Waals surface area contributed by atoms with Crippen molar-refractivity contribution in [3.63, 3.8) is 0 Å². The lowest BCUT2D eigenvalue weighted by molar-refractivity contribution is 0.265. The highest BCUT2D eigenvalue weighted by molar-refractivity contribution is 14.0. The number of likely N-dealkylation sites (N-methyl/N-ethyl adjacent to an activating group) is 1. The second-order valence-corrected chi connectivity index (χ2v) is 8.17. The molecular weight excluding hydrogens is 455 g/mol. The predicted molar refractivity (Wildman–Crippen MR) is 124 cm³/mol. The van der Waals surface area contributed by atoms with E-state index >= 15 is 0 Å². The molecule has 2 unspecified atom stereocenters. The minimum absolute atomic E-state index is 0. The number of likely N-dealkylation sites (tertiary alicyclic amines) is 2. The van der Waals surface area contributed by atoms with Crippen LogP contribution in [-0.4, -0.2) is 67.3 Å². The smallest absolute Gasteiger partial charge is 0.193 e. The minimum Gasteiger partial charge on any atom is -0.355 e. The monoisotopic (exact) mass is 488 g/mol. The van der Waals surface area contributed by atoms with E-state index in [1.807, 2.05) is 18.8 Å². The lowest BCUT2D eigenvalue weighted by Crippen LogP contribution is -2.46. The van der Waals surface area contributed by atoms with Crippen LogP contribution in [0.4, 0.5) is 0 Å². The summed E-state index contributed by atoms with van der Waals surface area (Å²) < 4.78 is 0. The van der Waals surface area contributed by atoms with Gasteiger partial charge in [-0.15, -0.1) is 35.7 Å². The van der Waals surface area contributed by atoms with Crippen LogP contribution in [0.25, 0.3) is 0 Å². The van der Waals surface area contributed by atoms with Gasteiger partial charge in [0.2, 0.25) is 0 Å². The average molecular weight is 488 g/mol. The normalized spacial score (nSPS) is 23.9. The summed E-state index contributed by atoms with van der Waals surface area (Å²) in [4.78, 5) is 11.0. The molecule has 1 N–H and O–H groups in total. The van der Waals surface area contributed by atoms with E-state index in [1.165, 1.54) is 36.5 Å². The fourth-order valence-corrected chi connectivity index (χ4v) is 5.03. The number of nitrogens with one attached hydrogen (secondary N) is 1. The molecule has 2 aliphatic rings. The minimum atomic E-state index is 0. The largest absolute Gasteiger partial charge is 0.355 e. The molecule has 4 nitrogen and oxygen atoms in total. The summed E-state index contributed by atoms with van der Waals surface area (Å²) in [6.45, 7) is 7.96. The van der Waals surface area contributed by atoms with Gasteiger partial charge in [0.05, 0.1) is 0 Å². The van der Waals surface area contributed by atoms with Crippen molar-refractivity contribution in [3.8, 4) is 0 Å². The number of thioether (sulfide) groups is 1. The van der Waals surface area contributed by atoms with Crippen molar-refractivity contribution in [2.45, 2.75) is 37.1 Å². The van der Waals surface area contributed by atoms with E-state index in [4.69, 9.17) is 0 Å². The van der Waals surface area contributed by atoms with E-state index in [9.17, 15) is 0 Å². The molecule has 0 bridgehead atoms. The fraction of sp³-hybridized carbons (Fsp3) is 0.650. The molecule has 0 radical (unpaired) electrons. The SMILES string of the molecule is CCN1CCCC1CNC(=NC)N1CCC(CSc2ccccc2)C1.I. The molecule has 0 aliphatic carbocycles. The van der Waals surface area contributed by atoms with Gasteiger partial charge in [0, 0.05) is 43.4 Å². The number of aliphatic imine (C=N–C) groups is 1. The first kappa shape index (κ1) is 21.8. The number of guanidine groups is 1. The molecule has 0 saturated carbocycles. The van der Waals surface area contributed by atoms with Gasteiger partial charge in [-0.05, 0) is 50.4 Å². The van der Waals surface area contributed by atoms with Crippen molar-refractivity contribution in [1.29, 1.82) is 0 Å². The first-order valence-electron chi connectivity index (χ1n) is 9.67. The molecule has 26 heavy (non-hydrogen) atoms. The van der Waals surface area contributed by atoms with Gasteiger partial charge in [0.15, 0.2) is 5.96 Å². The van der Waals surface area contributed by atoms with Crippen LogP contribution in [0.5, 0.6) is 0 Å². The van der Waals surface area contributed by atoms with Gasteiger partial charge >= 0.3 is 0 Å². The maximum atomic E-state index is 4.54. The van der Waals surface area contributed by atoms with E-state index in [0.29, 0.717) is 6.04 Å². The summed E-state index contributed by atoms with van der Waals surface area (Å²) in [5.41, 5.74) is 0. The number of hydrogen-bond donors (Lipinski definition) is 1. The van der Waals surface area contributed by atoms with Gasteiger partial charge in [0.25, 0.3) is 0 Å². The van der Waals surface area contributed by atoms with Crippen LogP contribution in [0.3, 0.4) is 0 Å². The van der Waals surface area contributed by atoms with Gasteiger partial charge < -0.3 is 10.2 Å². The Morgan fingerprint density at radius 1 is 1.23 bits per heavy atom. The zero-order valence-corrected chi connectivity index (χ0v) is 19.2. The third kappa shape index (κ3) is 6.02. The highest BCUT2D eigenvalue weighted by Crippen LogP contribution is 2.26. The van der Waals surface area contributed by atoms with Crippen LogP contribution in [0.2, 0.25) is 0 Å². The second kappa shape index (κ2) is 11.4. The van der Waals surface area contributed by atoms with Crippen LogP contribution in [0, 0.1) is 5.92 Å². The predicted octanol–water partition coefficient (Wildman–Crippen LogP) is 3.78. The molecule has 0 spiro atoms. The van der Waals surface area contributed by atoms with Crippen LogP contribution < -0.4 is 5.32 Å². The zero-order chi connectivity index (χ0) is 17.5. The highest BCUT2D eigenvalue weighted by atomic mass is 127. The van der Waals surface area contributed by atoms with Gasteiger partial charge in [-0.25, -0.2) is 0 Å². The van der Waals surface area contributed by atoms with E-state index in [-0.39, 0.29) is 24.0 Å². The van der Waals surface area contributed by atoms with E-state index in [1.54, 1.807) is 0 Å². The molecule has 146 valence electrons. The van der Waals surface area contributed by atoms with Crippen molar-refractivity contribution >= 4 is 41.7 Å². The van der Waals surface area contributed by atoms with Crippen LogP contribution in [0.15, 0.2) is 40.2 Å². The van der Waals surface area contributed by atoms with Gasteiger partial charge in [-0.3, -0.25) is 9.89 Å². The molecule has 0 aromatic heterocycles. The molecule has 2 atom stereocenters. The molecule has 6 heteroatoms. The number of rotatable bonds is 6. The molecule has 2 saturated heterocycles. The average Bonchev–Trinajstić information content (AvgIpc) is 3.31. The maximum absolute atomic E-state index is 4.54. The topological polar surface area (TPSA) is 30.9 Å². The quantitative estimate of drug-likeness (QED) is 0.286. The number of halogens is 1. The van der Waals surface area contributed by atoms with Gasteiger partial charge in [-0.1, -0.05) is 25.1 Å². The molecule has 3 rings (SSSR count). The maximum Gasteiger partial charge on any atom is 0.193 e. The number of nitrogens with zero attached hydrogens (tertiary/aromatic N) is 3. The molecule has 2 heterocycles. The van der Waals surface area contributed by atoms with Crippen LogP contribution >= 0.6 is 35.7 Å². The third-order valence-corrected chi connectivity index (χ3v) is 6.67. The van der Waals surface area contributed by atoms with Gasteiger partial charge in [0.1, 0.15) is 0 Å². The van der Waals surface area contributed by atoms with Crippen molar-refractivity contribution in [1.82, 2.24) is 15.1 Å². The molecular formula is C20H33IN4S. The number of hydrogen-bond acceptors (Lipinski definition) is 3. The Kier molecular flexibility index (Phi) is 9.56. The Morgan fingerprint density at radius 3 is 2.77 bits per heavy atom. The molecule has 1 aromatic carbocycles. The molecule has 2 aliphatic heterocycles. The highest BCUT2D eigenvalue weighted by Gasteiger charge is 2.27. The van der Waals surface area contributed by atoms with E-state index < -0.39 is 0 Å². The third-order valence-electron chi connectivity index (χ3n) is 5.43. The molecule has 2 fully saturated rings. The second-order valence-electron chi connectivity index (χ2n) is 7.08. The molecule has 0 amide bonds. The summed E-state index contributed by atoms with van der Waals surface area (Å²) >= 11 is 1.98.